The van der Waals surface area contributed by atoms with Gasteiger partial charge in [0.25, 0.3) is 0 Å². The van der Waals surface area contributed by atoms with Crippen LogP contribution < -0.4 is 11.1 Å². The van der Waals surface area contributed by atoms with Crippen LogP contribution in [-0.4, -0.2) is 59.9 Å². The van der Waals surface area contributed by atoms with E-state index in [4.69, 9.17) is 5.73 Å². The number of nitrogens with two attached hydrogens (primary N) is 1. The molecule has 2 rings (SSSR count). The predicted octanol–water partition coefficient (Wildman–Crippen LogP) is 1.14. The van der Waals surface area contributed by atoms with Gasteiger partial charge < -0.3 is 16.0 Å². The Morgan fingerprint density at radius 1 is 1.52 bits per heavy atom. The monoisotopic (exact) mass is 323 g/mol. The van der Waals surface area contributed by atoms with Crippen LogP contribution in [0.2, 0.25) is 0 Å². The maximum Gasteiger partial charge on any atom is 0.317 e. The molecule has 0 aromatic heterocycles. The van der Waals surface area contributed by atoms with Crippen molar-refractivity contribution in [2.24, 2.45) is 16.6 Å². The number of carbonyl (C=O) groups excluding carboxylic acids is 2. The minimum atomic E-state index is -0.518. The second-order valence-corrected chi connectivity index (χ2v) is 6.83. The molecule has 1 unspecified atom stereocenters. The molecular weight excluding hydrogens is 294 g/mol. The molecule has 3 amide bonds. The fraction of sp³-hybridized carbons (Fsp3) is 0.812. The molecule has 1 fully saturated rings. The SMILES string of the molecule is CCCCNC(=O)N1CCCC([C@]2(C)CC(=O)N(C)C(N)=N2)C1. The van der Waals surface area contributed by atoms with Crippen LogP contribution in [0.1, 0.15) is 46.0 Å². The van der Waals surface area contributed by atoms with E-state index < -0.39 is 5.54 Å². The Hall–Kier alpha value is -1.79. The third-order valence-electron chi connectivity index (χ3n) is 4.99. The average molecular weight is 323 g/mol. The van der Waals surface area contributed by atoms with Gasteiger partial charge in [0, 0.05) is 32.6 Å². The van der Waals surface area contributed by atoms with Gasteiger partial charge in [0.2, 0.25) is 5.91 Å². The molecule has 0 saturated carbocycles. The lowest BCUT2D eigenvalue weighted by atomic mass is 9.77. The summed E-state index contributed by atoms with van der Waals surface area (Å²) in [5, 5.41) is 2.97. The van der Waals surface area contributed by atoms with E-state index in [1.54, 1.807) is 7.05 Å². The third-order valence-corrected chi connectivity index (χ3v) is 4.99. The van der Waals surface area contributed by atoms with E-state index in [2.05, 4.69) is 17.2 Å². The van der Waals surface area contributed by atoms with E-state index >= 15 is 0 Å². The molecule has 2 atom stereocenters. The van der Waals surface area contributed by atoms with Crippen molar-refractivity contribution in [2.45, 2.75) is 51.5 Å². The maximum absolute atomic E-state index is 12.3. The summed E-state index contributed by atoms with van der Waals surface area (Å²) in [6.45, 7) is 6.18. The number of urea groups is 1. The van der Waals surface area contributed by atoms with E-state index in [1.165, 1.54) is 4.90 Å². The van der Waals surface area contributed by atoms with Crippen molar-refractivity contribution in [3.05, 3.63) is 0 Å². The van der Waals surface area contributed by atoms with Crippen molar-refractivity contribution in [1.82, 2.24) is 15.1 Å². The van der Waals surface area contributed by atoms with Gasteiger partial charge in [0.05, 0.1) is 12.0 Å². The van der Waals surface area contributed by atoms with Gasteiger partial charge >= 0.3 is 6.03 Å². The van der Waals surface area contributed by atoms with Crippen LogP contribution >= 0.6 is 0 Å². The second-order valence-electron chi connectivity index (χ2n) is 6.83. The Balaban J connectivity index is 2.03. The van der Waals surface area contributed by atoms with Gasteiger partial charge in [-0.2, -0.15) is 0 Å². The van der Waals surface area contributed by atoms with Crippen molar-refractivity contribution in [2.75, 3.05) is 26.7 Å². The maximum atomic E-state index is 12.3. The van der Waals surface area contributed by atoms with E-state index in [0.717, 1.165) is 32.2 Å². The number of hydrogen-bond donors (Lipinski definition) is 2. The molecule has 7 heteroatoms. The first-order valence-corrected chi connectivity index (χ1v) is 8.52. The molecule has 2 heterocycles. The zero-order valence-electron chi connectivity index (χ0n) is 14.5. The molecule has 0 radical (unpaired) electrons. The number of guanidine groups is 1. The summed E-state index contributed by atoms with van der Waals surface area (Å²) in [6, 6.07) is -0.0112. The molecule has 0 aliphatic carbocycles. The van der Waals surface area contributed by atoms with Crippen LogP contribution in [0.4, 0.5) is 4.79 Å². The summed E-state index contributed by atoms with van der Waals surface area (Å²) < 4.78 is 0. The molecule has 0 bridgehead atoms. The third kappa shape index (κ3) is 3.95. The number of nitrogens with zero attached hydrogens (tertiary/aromatic N) is 3. The Morgan fingerprint density at radius 2 is 2.26 bits per heavy atom. The molecule has 3 N–H and O–H groups in total. The number of piperidine rings is 1. The lowest BCUT2D eigenvalue weighted by Crippen LogP contribution is -2.55. The summed E-state index contributed by atoms with van der Waals surface area (Å²) >= 11 is 0. The lowest BCUT2D eigenvalue weighted by molar-refractivity contribution is -0.129. The highest BCUT2D eigenvalue weighted by atomic mass is 16.2. The van der Waals surface area contributed by atoms with Crippen molar-refractivity contribution in [1.29, 1.82) is 0 Å². The molecular formula is C16H29N5O2. The van der Waals surface area contributed by atoms with Gasteiger partial charge in [-0.1, -0.05) is 13.3 Å². The second kappa shape index (κ2) is 7.19. The highest BCUT2D eigenvalue weighted by Gasteiger charge is 2.43. The lowest BCUT2D eigenvalue weighted by Gasteiger charge is -2.43. The molecule has 0 spiro atoms. The molecule has 2 aliphatic rings. The first kappa shape index (κ1) is 17.6. The van der Waals surface area contributed by atoms with E-state index in [-0.39, 0.29) is 23.8 Å². The number of amides is 3. The van der Waals surface area contributed by atoms with Gasteiger partial charge in [-0.15, -0.1) is 0 Å². The van der Waals surface area contributed by atoms with Gasteiger partial charge in [-0.3, -0.25) is 9.69 Å². The zero-order chi connectivity index (χ0) is 17.0. The van der Waals surface area contributed by atoms with Gasteiger partial charge in [0.15, 0.2) is 5.96 Å². The molecule has 1 saturated heterocycles. The summed E-state index contributed by atoms with van der Waals surface area (Å²) in [4.78, 5) is 32.2. The predicted molar refractivity (Wildman–Crippen MR) is 90.0 cm³/mol. The Bertz CT molecular complexity index is 493. The van der Waals surface area contributed by atoms with Gasteiger partial charge in [-0.25, -0.2) is 9.79 Å². The van der Waals surface area contributed by atoms with Crippen LogP contribution in [0.15, 0.2) is 4.99 Å². The number of unbranched alkanes of at least 4 members (excludes halogenated alkanes) is 1. The smallest absolute Gasteiger partial charge is 0.317 e. The molecule has 23 heavy (non-hydrogen) atoms. The number of rotatable bonds is 4. The molecule has 2 aliphatic heterocycles. The molecule has 0 aromatic rings. The van der Waals surface area contributed by atoms with Crippen LogP contribution in [0.5, 0.6) is 0 Å². The quantitative estimate of drug-likeness (QED) is 0.760. The summed E-state index contributed by atoms with van der Waals surface area (Å²) in [6.07, 6.45) is 4.29. The standard InChI is InChI=1S/C16H29N5O2/c1-4-5-8-18-15(23)21-9-6-7-12(11-21)16(2)10-13(22)20(3)14(17)19-16/h12H,4-11H2,1-3H3,(H2,17,19)(H,18,23)/t12?,16-/m0/s1. The van der Waals surface area contributed by atoms with E-state index in [1.807, 2.05) is 11.8 Å². The van der Waals surface area contributed by atoms with Crippen LogP contribution in [0.3, 0.4) is 0 Å². The minimum Gasteiger partial charge on any atom is -0.369 e. The van der Waals surface area contributed by atoms with Crippen LogP contribution in [0.25, 0.3) is 0 Å². The van der Waals surface area contributed by atoms with Gasteiger partial charge in [0.1, 0.15) is 0 Å². The number of carbonyl (C=O) groups is 2. The Labute approximate surface area is 138 Å². The molecule has 0 aromatic carbocycles. The number of likely N-dealkylation sites (tertiary alicyclic amines) is 1. The van der Waals surface area contributed by atoms with Crippen LogP contribution in [0, 0.1) is 5.92 Å². The van der Waals surface area contributed by atoms with Crippen molar-refractivity contribution in [3.63, 3.8) is 0 Å². The van der Waals surface area contributed by atoms with E-state index in [0.29, 0.717) is 19.5 Å². The first-order valence-electron chi connectivity index (χ1n) is 8.52. The topological polar surface area (TPSA) is 91.0 Å². The van der Waals surface area contributed by atoms with Crippen molar-refractivity contribution in [3.8, 4) is 0 Å². The Morgan fingerprint density at radius 3 is 2.91 bits per heavy atom. The zero-order valence-corrected chi connectivity index (χ0v) is 14.5. The summed E-state index contributed by atoms with van der Waals surface area (Å²) in [5.74, 6) is 0.419. The minimum absolute atomic E-state index is 0.00970. The molecule has 130 valence electrons. The fourth-order valence-corrected chi connectivity index (χ4v) is 3.32. The van der Waals surface area contributed by atoms with Gasteiger partial charge in [-0.05, 0) is 26.2 Å². The van der Waals surface area contributed by atoms with Crippen LogP contribution in [-0.2, 0) is 4.79 Å². The normalized spacial score (nSPS) is 28.6. The number of aliphatic imine (C=N–C) groups is 1. The van der Waals surface area contributed by atoms with Crippen molar-refractivity contribution < 1.29 is 9.59 Å². The van der Waals surface area contributed by atoms with E-state index in [9.17, 15) is 9.59 Å². The van der Waals surface area contributed by atoms with Crippen molar-refractivity contribution >= 4 is 17.9 Å². The molecule has 7 nitrogen and oxygen atoms in total. The average Bonchev–Trinajstić information content (AvgIpc) is 2.53. The Kier molecular flexibility index (Phi) is 5.49. The summed E-state index contributed by atoms with van der Waals surface area (Å²) in [7, 11) is 1.65. The highest BCUT2D eigenvalue weighted by molar-refractivity contribution is 5.98. The largest absolute Gasteiger partial charge is 0.369 e. The number of nitrogens with one attached hydrogen (secondary N) is 1. The fourth-order valence-electron chi connectivity index (χ4n) is 3.32. The highest BCUT2D eigenvalue weighted by Crippen LogP contribution is 2.35. The first-order chi connectivity index (χ1) is 10.9. The summed E-state index contributed by atoms with van der Waals surface area (Å²) in [5.41, 5.74) is 5.37. The number of hydrogen-bond acceptors (Lipinski definition) is 4.